The molecule has 9 heteroatoms. The molecule has 3 heterocycles. The fraction of sp³-hybridized carbons (Fsp3) is 0.300. The normalized spacial score (nSPS) is 11.1. The van der Waals surface area contributed by atoms with Gasteiger partial charge in [-0.2, -0.15) is 20.2 Å². The Morgan fingerprint density at radius 3 is 3.11 bits per heavy atom. The van der Waals surface area contributed by atoms with Crippen molar-refractivity contribution in [2.45, 2.75) is 6.42 Å². The molecule has 8 nitrogen and oxygen atoms in total. The number of H-pyrrole nitrogens is 1. The zero-order chi connectivity index (χ0) is 13.2. The number of hydrogen-bond acceptors (Lipinski definition) is 6. The summed E-state index contributed by atoms with van der Waals surface area (Å²) in [6.07, 6.45) is 4.03. The van der Waals surface area contributed by atoms with Gasteiger partial charge in [0.1, 0.15) is 12.1 Å². The van der Waals surface area contributed by atoms with Crippen molar-refractivity contribution in [1.82, 2.24) is 34.9 Å². The van der Waals surface area contributed by atoms with Gasteiger partial charge in [0.25, 0.3) is 0 Å². The lowest BCUT2D eigenvalue weighted by molar-refractivity contribution is 0.742. The largest absolute Gasteiger partial charge is 0.369 e. The van der Waals surface area contributed by atoms with Crippen molar-refractivity contribution in [1.29, 1.82) is 0 Å². The van der Waals surface area contributed by atoms with Crippen LogP contribution in [0.4, 0.5) is 5.82 Å². The van der Waals surface area contributed by atoms with Crippen LogP contribution in [0.1, 0.15) is 5.82 Å². The number of halogens is 1. The van der Waals surface area contributed by atoms with E-state index in [4.69, 9.17) is 11.6 Å². The van der Waals surface area contributed by atoms with Gasteiger partial charge in [0.05, 0.1) is 11.6 Å². The Morgan fingerprint density at radius 1 is 1.42 bits per heavy atom. The van der Waals surface area contributed by atoms with Gasteiger partial charge in [0, 0.05) is 20.0 Å². The molecule has 0 aromatic carbocycles. The van der Waals surface area contributed by atoms with Crippen molar-refractivity contribution in [3.63, 3.8) is 0 Å². The third-order valence-electron chi connectivity index (χ3n) is 2.57. The Morgan fingerprint density at radius 2 is 2.32 bits per heavy atom. The second-order valence-electron chi connectivity index (χ2n) is 3.98. The van der Waals surface area contributed by atoms with E-state index in [2.05, 4.69) is 35.6 Å². The summed E-state index contributed by atoms with van der Waals surface area (Å²) in [6.45, 7) is 0.650. The highest BCUT2D eigenvalue weighted by molar-refractivity contribution is 6.28. The molecule has 0 saturated carbocycles. The molecule has 0 spiro atoms. The standard InChI is InChI=1S/C10H11ClN8/c1-19-5-13-7(18-19)2-3-12-8-6-4-14-17-9(6)16-10(11)15-8/h4-5H,2-3H2,1H3,(H2,12,14,15,16,17). The molecule has 0 aliphatic rings. The third-order valence-corrected chi connectivity index (χ3v) is 2.74. The molecule has 3 aromatic rings. The first-order valence-corrected chi connectivity index (χ1v) is 6.05. The summed E-state index contributed by atoms with van der Waals surface area (Å²) in [5.74, 6) is 1.43. The Hall–Kier alpha value is -2.22. The van der Waals surface area contributed by atoms with Crippen molar-refractivity contribution in [3.8, 4) is 0 Å². The van der Waals surface area contributed by atoms with Gasteiger partial charge in [-0.1, -0.05) is 0 Å². The van der Waals surface area contributed by atoms with Crippen LogP contribution in [0.3, 0.4) is 0 Å². The molecule has 0 radical (unpaired) electrons. The molecule has 19 heavy (non-hydrogen) atoms. The van der Waals surface area contributed by atoms with E-state index < -0.39 is 0 Å². The van der Waals surface area contributed by atoms with Crippen molar-refractivity contribution in [3.05, 3.63) is 23.6 Å². The van der Waals surface area contributed by atoms with Gasteiger partial charge in [-0.3, -0.25) is 9.78 Å². The monoisotopic (exact) mass is 278 g/mol. The van der Waals surface area contributed by atoms with Gasteiger partial charge in [0.2, 0.25) is 5.28 Å². The van der Waals surface area contributed by atoms with Crippen molar-refractivity contribution >= 4 is 28.5 Å². The van der Waals surface area contributed by atoms with Crippen molar-refractivity contribution in [2.75, 3.05) is 11.9 Å². The molecule has 2 N–H and O–H groups in total. The van der Waals surface area contributed by atoms with E-state index in [9.17, 15) is 0 Å². The lowest BCUT2D eigenvalue weighted by Gasteiger charge is -2.05. The lowest BCUT2D eigenvalue weighted by atomic mass is 10.3. The van der Waals surface area contributed by atoms with Crippen LogP contribution in [0.15, 0.2) is 12.5 Å². The van der Waals surface area contributed by atoms with Gasteiger partial charge < -0.3 is 5.32 Å². The summed E-state index contributed by atoms with van der Waals surface area (Å²) in [4.78, 5) is 12.3. The van der Waals surface area contributed by atoms with Crippen LogP contribution >= 0.6 is 11.6 Å². The van der Waals surface area contributed by atoms with E-state index in [1.54, 1.807) is 17.2 Å². The minimum atomic E-state index is 0.176. The summed E-state index contributed by atoms with van der Waals surface area (Å²) in [5, 5.41) is 15.0. The minimum absolute atomic E-state index is 0.176. The van der Waals surface area contributed by atoms with Crippen LogP contribution in [0.25, 0.3) is 11.0 Å². The first kappa shape index (κ1) is 11.8. The molecule has 0 aliphatic heterocycles. The molecule has 0 saturated heterocycles. The summed E-state index contributed by atoms with van der Waals surface area (Å²) in [7, 11) is 1.84. The molecule has 0 amide bonds. The molecular weight excluding hydrogens is 268 g/mol. The number of aromatic nitrogens is 7. The molecular formula is C10H11ClN8. The van der Waals surface area contributed by atoms with E-state index in [-0.39, 0.29) is 5.28 Å². The fourth-order valence-electron chi connectivity index (χ4n) is 1.73. The Labute approximate surface area is 113 Å². The number of fused-ring (bicyclic) bond motifs is 1. The molecule has 0 bridgehead atoms. The lowest BCUT2D eigenvalue weighted by Crippen LogP contribution is -2.08. The Bertz CT molecular complexity index is 702. The second-order valence-corrected chi connectivity index (χ2v) is 4.32. The van der Waals surface area contributed by atoms with Crippen LogP contribution in [0.2, 0.25) is 5.28 Å². The SMILES string of the molecule is Cn1cnc(CCNc2nc(Cl)nc3[nH]ncc23)n1. The second kappa shape index (κ2) is 4.81. The summed E-state index contributed by atoms with van der Waals surface area (Å²) >= 11 is 5.84. The predicted molar refractivity (Wildman–Crippen MR) is 69.9 cm³/mol. The number of aromatic amines is 1. The van der Waals surface area contributed by atoms with E-state index in [0.29, 0.717) is 24.4 Å². The van der Waals surface area contributed by atoms with E-state index in [1.807, 2.05) is 7.05 Å². The highest BCUT2D eigenvalue weighted by Gasteiger charge is 2.08. The average Bonchev–Trinajstić information content (AvgIpc) is 2.98. The number of nitrogens with zero attached hydrogens (tertiary/aromatic N) is 6. The Kier molecular flexibility index (Phi) is 3.00. The maximum absolute atomic E-state index is 5.84. The van der Waals surface area contributed by atoms with Gasteiger partial charge in [0.15, 0.2) is 11.5 Å². The van der Waals surface area contributed by atoms with Crippen LogP contribution in [0, 0.1) is 0 Å². The number of aryl methyl sites for hydroxylation is 1. The van der Waals surface area contributed by atoms with Crippen LogP contribution < -0.4 is 5.32 Å². The maximum Gasteiger partial charge on any atom is 0.226 e. The van der Waals surface area contributed by atoms with Crippen LogP contribution in [-0.2, 0) is 13.5 Å². The Balaban J connectivity index is 1.73. The number of anilines is 1. The summed E-state index contributed by atoms with van der Waals surface area (Å²) < 4.78 is 1.67. The molecule has 98 valence electrons. The molecule has 0 fully saturated rings. The van der Waals surface area contributed by atoms with Gasteiger partial charge >= 0.3 is 0 Å². The van der Waals surface area contributed by atoms with E-state index >= 15 is 0 Å². The zero-order valence-corrected chi connectivity index (χ0v) is 10.9. The molecule has 0 atom stereocenters. The van der Waals surface area contributed by atoms with Gasteiger partial charge in [-0.15, -0.1) is 0 Å². The first-order chi connectivity index (χ1) is 9.22. The van der Waals surface area contributed by atoms with Gasteiger partial charge in [-0.25, -0.2) is 4.98 Å². The number of rotatable bonds is 4. The summed E-state index contributed by atoms with van der Waals surface area (Å²) in [6, 6.07) is 0. The molecule has 3 rings (SSSR count). The highest BCUT2D eigenvalue weighted by atomic mass is 35.5. The third kappa shape index (κ3) is 2.48. The maximum atomic E-state index is 5.84. The van der Waals surface area contributed by atoms with E-state index in [1.165, 1.54) is 0 Å². The number of hydrogen-bond donors (Lipinski definition) is 2. The topological polar surface area (TPSA) is 97.2 Å². The quantitative estimate of drug-likeness (QED) is 0.685. The van der Waals surface area contributed by atoms with Crippen LogP contribution in [0.5, 0.6) is 0 Å². The summed E-state index contributed by atoms with van der Waals surface area (Å²) in [5.41, 5.74) is 0.610. The van der Waals surface area contributed by atoms with Crippen molar-refractivity contribution < 1.29 is 0 Å². The van der Waals surface area contributed by atoms with E-state index in [0.717, 1.165) is 11.2 Å². The molecule has 0 unspecified atom stereocenters. The van der Waals surface area contributed by atoms with Gasteiger partial charge in [-0.05, 0) is 11.6 Å². The molecule has 3 aromatic heterocycles. The number of nitrogens with one attached hydrogen (secondary N) is 2. The fourth-order valence-corrected chi connectivity index (χ4v) is 1.90. The predicted octanol–water partition coefficient (Wildman–Crippen LogP) is 0.789. The average molecular weight is 279 g/mol. The van der Waals surface area contributed by atoms with Crippen molar-refractivity contribution in [2.24, 2.45) is 7.05 Å². The zero-order valence-electron chi connectivity index (χ0n) is 10.1. The highest BCUT2D eigenvalue weighted by Crippen LogP contribution is 2.19. The molecule has 0 aliphatic carbocycles. The smallest absolute Gasteiger partial charge is 0.226 e. The first-order valence-electron chi connectivity index (χ1n) is 5.67. The van der Waals surface area contributed by atoms with Crippen LogP contribution in [-0.4, -0.2) is 41.5 Å². The minimum Gasteiger partial charge on any atom is -0.369 e.